The summed E-state index contributed by atoms with van der Waals surface area (Å²) in [5.74, 6) is 0.461. The average Bonchev–Trinajstić information content (AvgIpc) is 1.85. The molecule has 0 radical (unpaired) electrons. The lowest BCUT2D eigenvalue weighted by Crippen LogP contribution is -1.98. The van der Waals surface area contributed by atoms with Gasteiger partial charge in [0.2, 0.25) is 0 Å². The van der Waals surface area contributed by atoms with E-state index in [0.717, 1.165) is 16.9 Å². The Morgan fingerprint density at radius 3 is 2.55 bits per heavy atom. The molecule has 0 bridgehead atoms. The molecule has 1 heterocycles. The maximum Gasteiger partial charge on any atom is 0.0393 e. The smallest absolute Gasteiger partial charge is 0.0393 e. The summed E-state index contributed by atoms with van der Waals surface area (Å²) in [5.41, 5.74) is 8.75. The SMILES string of the molecule is Cc1cc(N)c(C(C)C)cn1. The lowest BCUT2D eigenvalue weighted by molar-refractivity contribution is 0.859. The summed E-state index contributed by atoms with van der Waals surface area (Å²) in [4.78, 5) is 4.18. The quantitative estimate of drug-likeness (QED) is 0.665. The average molecular weight is 150 g/mol. The summed E-state index contributed by atoms with van der Waals surface area (Å²) in [5, 5.41) is 0. The molecule has 0 saturated heterocycles. The first-order valence-electron chi connectivity index (χ1n) is 3.83. The van der Waals surface area contributed by atoms with Crippen molar-refractivity contribution in [3.63, 3.8) is 0 Å². The van der Waals surface area contributed by atoms with Gasteiger partial charge in [-0.3, -0.25) is 4.98 Å². The number of hydrogen-bond donors (Lipinski definition) is 1. The number of aromatic nitrogens is 1. The molecule has 0 spiro atoms. The molecule has 11 heavy (non-hydrogen) atoms. The second kappa shape index (κ2) is 2.91. The van der Waals surface area contributed by atoms with E-state index in [1.54, 1.807) is 0 Å². The van der Waals surface area contributed by atoms with Gasteiger partial charge in [0.15, 0.2) is 0 Å². The summed E-state index contributed by atoms with van der Waals surface area (Å²) in [6.07, 6.45) is 1.86. The number of nitrogens with two attached hydrogens (primary N) is 1. The molecule has 2 heteroatoms. The third-order valence-electron chi connectivity index (χ3n) is 1.73. The van der Waals surface area contributed by atoms with Gasteiger partial charge in [-0.25, -0.2) is 0 Å². The molecule has 2 nitrogen and oxygen atoms in total. The molecule has 1 rings (SSSR count). The van der Waals surface area contributed by atoms with Crippen molar-refractivity contribution in [1.82, 2.24) is 4.98 Å². The standard InChI is InChI=1S/C9H14N2/c1-6(2)8-5-11-7(3)4-9(8)10/h4-6H,1-3H3,(H2,10,11). The second-order valence-corrected chi connectivity index (χ2v) is 3.11. The molecule has 0 aromatic carbocycles. The van der Waals surface area contributed by atoms with Crippen molar-refractivity contribution < 1.29 is 0 Å². The Bertz CT molecular complexity index is 254. The van der Waals surface area contributed by atoms with Gasteiger partial charge in [0.1, 0.15) is 0 Å². The molecule has 0 fully saturated rings. The highest BCUT2D eigenvalue weighted by atomic mass is 14.7. The van der Waals surface area contributed by atoms with Crippen LogP contribution < -0.4 is 5.73 Å². The van der Waals surface area contributed by atoms with Gasteiger partial charge in [-0.15, -0.1) is 0 Å². The van der Waals surface area contributed by atoms with E-state index >= 15 is 0 Å². The molecule has 0 amide bonds. The van der Waals surface area contributed by atoms with E-state index in [2.05, 4.69) is 18.8 Å². The van der Waals surface area contributed by atoms with Crippen LogP contribution in [-0.2, 0) is 0 Å². The maximum atomic E-state index is 5.78. The van der Waals surface area contributed by atoms with Gasteiger partial charge in [-0.2, -0.15) is 0 Å². The van der Waals surface area contributed by atoms with Crippen LogP contribution in [0.1, 0.15) is 31.0 Å². The fraction of sp³-hybridized carbons (Fsp3) is 0.444. The number of anilines is 1. The highest BCUT2D eigenvalue weighted by molar-refractivity contribution is 5.47. The van der Waals surface area contributed by atoms with Crippen LogP contribution in [0.4, 0.5) is 5.69 Å². The normalized spacial score (nSPS) is 10.5. The zero-order chi connectivity index (χ0) is 8.43. The van der Waals surface area contributed by atoms with E-state index in [1.807, 2.05) is 19.2 Å². The first-order valence-corrected chi connectivity index (χ1v) is 3.83. The predicted molar refractivity (Wildman–Crippen MR) is 47.5 cm³/mol. The van der Waals surface area contributed by atoms with Crippen LogP contribution in [-0.4, -0.2) is 4.98 Å². The van der Waals surface area contributed by atoms with E-state index in [-0.39, 0.29) is 0 Å². The Kier molecular flexibility index (Phi) is 2.13. The molecular weight excluding hydrogens is 136 g/mol. The van der Waals surface area contributed by atoms with E-state index in [1.165, 1.54) is 0 Å². The maximum absolute atomic E-state index is 5.78. The molecule has 0 aliphatic rings. The van der Waals surface area contributed by atoms with Crippen LogP contribution in [0.2, 0.25) is 0 Å². The molecule has 1 aromatic heterocycles. The van der Waals surface area contributed by atoms with Crippen LogP contribution in [0.15, 0.2) is 12.3 Å². The number of aryl methyl sites for hydroxylation is 1. The second-order valence-electron chi connectivity index (χ2n) is 3.11. The van der Waals surface area contributed by atoms with Gasteiger partial charge in [0.05, 0.1) is 0 Å². The molecule has 60 valence electrons. The summed E-state index contributed by atoms with van der Waals surface area (Å²) in [6, 6.07) is 1.91. The largest absolute Gasteiger partial charge is 0.398 e. The summed E-state index contributed by atoms with van der Waals surface area (Å²) >= 11 is 0. The zero-order valence-electron chi connectivity index (χ0n) is 7.26. The molecule has 0 aliphatic carbocycles. The van der Waals surface area contributed by atoms with Crippen molar-refractivity contribution >= 4 is 5.69 Å². The van der Waals surface area contributed by atoms with Crippen LogP contribution >= 0.6 is 0 Å². The highest BCUT2D eigenvalue weighted by Crippen LogP contribution is 2.20. The molecule has 1 aromatic rings. The molecule has 0 atom stereocenters. The van der Waals surface area contributed by atoms with Crippen LogP contribution in [0.25, 0.3) is 0 Å². The molecule has 0 unspecified atom stereocenters. The topological polar surface area (TPSA) is 38.9 Å². The summed E-state index contributed by atoms with van der Waals surface area (Å²) in [6.45, 7) is 6.17. The van der Waals surface area contributed by atoms with Crippen LogP contribution in [0.3, 0.4) is 0 Å². The van der Waals surface area contributed by atoms with E-state index in [0.29, 0.717) is 5.92 Å². The van der Waals surface area contributed by atoms with Crippen LogP contribution in [0, 0.1) is 6.92 Å². The van der Waals surface area contributed by atoms with Gasteiger partial charge in [0, 0.05) is 17.6 Å². The fourth-order valence-electron chi connectivity index (χ4n) is 1.07. The molecule has 2 N–H and O–H groups in total. The number of hydrogen-bond acceptors (Lipinski definition) is 2. The van der Waals surface area contributed by atoms with Gasteiger partial charge in [0.25, 0.3) is 0 Å². The number of nitrogens with zero attached hydrogens (tertiary/aromatic N) is 1. The Morgan fingerprint density at radius 1 is 1.45 bits per heavy atom. The lowest BCUT2D eigenvalue weighted by atomic mass is 10.0. The Labute approximate surface area is 67.5 Å². The van der Waals surface area contributed by atoms with E-state index < -0.39 is 0 Å². The van der Waals surface area contributed by atoms with E-state index in [4.69, 9.17) is 5.73 Å². The van der Waals surface area contributed by atoms with Crippen molar-refractivity contribution in [2.75, 3.05) is 5.73 Å². The van der Waals surface area contributed by atoms with Crippen molar-refractivity contribution in [2.24, 2.45) is 0 Å². The molecule has 0 saturated carbocycles. The number of pyridine rings is 1. The predicted octanol–water partition coefficient (Wildman–Crippen LogP) is 2.10. The fourth-order valence-corrected chi connectivity index (χ4v) is 1.07. The van der Waals surface area contributed by atoms with Crippen molar-refractivity contribution in [3.8, 4) is 0 Å². The van der Waals surface area contributed by atoms with Gasteiger partial charge in [-0.05, 0) is 24.5 Å². The van der Waals surface area contributed by atoms with Crippen molar-refractivity contribution in [3.05, 3.63) is 23.5 Å². The number of nitrogen functional groups attached to an aromatic ring is 1. The monoisotopic (exact) mass is 150 g/mol. The van der Waals surface area contributed by atoms with Crippen molar-refractivity contribution in [1.29, 1.82) is 0 Å². The lowest BCUT2D eigenvalue weighted by Gasteiger charge is -2.08. The van der Waals surface area contributed by atoms with Gasteiger partial charge < -0.3 is 5.73 Å². The molecular formula is C9H14N2. The van der Waals surface area contributed by atoms with Crippen LogP contribution in [0.5, 0.6) is 0 Å². The summed E-state index contributed by atoms with van der Waals surface area (Å²) < 4.78 is 0. The zero-order valence-corrected chi connectivity index (χ0v) is 7.26. The molecule has 0 aliphatic heterocycles. The minimum absolute atomic E-state index is 0.461. The first kappa shape index (κ1) is 8.05. The number of rotatable bonds is 1. The minimum atomic E-state index is 0.461. The Morgan fingerprint density at radius 2 is 2.09 bits per heavy atom. The highest BCUT2D eigenvalue weighted by Gasteiger charge is 2.03. The van der Waals surface area contributed by atoms with Crippen molar-refractivity contribution in [2.45, 2.75) is 26.7 Å². The first-order chi connectivity index (χ1) is 5.11. The van der Waals surface area contributed by atoms with Gasteiger partial charge >= 0.3 is 0 Å². The summed E-state index contributed by atoms with van der Waals surface area (Å²) in [7, 11) is 0. The third kappa shape index (κ3) is 1.70. The minimum Gasteiger partial charge on any atom is -0.398 e. The third-order valence-corrected chi connectivity index (χ3v) is 1.73. The van der Waals surface area contributed by atoms with E-state index in [9.17, 15) is 0 Å². The Hall–Kier alpha value is -1.05. The van der Waals surface area contributed by atoms with Gasteiger partial charge in [-0.1, -0.05) is 13.8 Å². The Balaban J connectivity index is 3.09.